The zero-order chi connectivity index (χ0) is 8.43. The van der Waals surface area contributed by atoms with Crippen molar-refractivity contribution in [2.75, 3.05) is 5.73 Å². The molecule has 2 nitrogen and oxygen atoms in total. The normalized spacial score (nSPS) is 10.5. The molecule has 0 unspecified atom stereocenters. The van der Waals surface area contributed by atoms with Crippen molar-refractivity contribution < 1.29 is 8.78 Å². The Morgan fingerprint density at radius 2 is 2.09 bits per heavy atom. The summed E-state index contributed by atoms with van der Waals surface area (Å²) in [6.07, 6.45) is -2.55. The van der Waals surface area contributed by atoms with E-state index in [4.69, 9.17) is 5.73 Å². The van der Waals surface area contributed by atoms with Crippen LogP contribution in [0, 0.1) is 3.57 Å². The first kappa shape index (κ1) is 8.63. The van der Waals surface area contributed by atoms with Gasteiger partial charge in [-0.1, -0.05) is 0 Å². The molecule has 0 aromatic carbocycles. The van der Waals surface area contributed by atoms with Gasteiger partial charge >= 0.3 is 0 Å². The van der Waals surface area contributed by atoms with Gasteiger partial charge in [-0.3, -0.25) is 0 Å². The maximum Gasteiger partial charge on any atom is 0.280 e. The number of halogens is 3. The van der Waals surface area contributed by atoms with Gasteiger partial charge in [0.25, 0.3) is 6.43 Å². The fraction of sp³-hybridized carbons (Fsp3) is 0.167. The molecule has 0 radical (unpaired) electrons. The first-order valence-corrected chi connectivity index (χ1v) is 3.88. The Hall–Kier alpha value is -0.460. The second-order valence-electron chi connectivity index (χ2n) is 1.94. The Labute approximate surface area is 75.9 Å². The van der Waals surface area contributed by atoms with Crippen molar-refractivity contribution in [3.05, 3.63) is 21.4 Å². The SMILES string of the molecule is Nc1cc(I)cc(C(F)F)n1. The molecule has 0 aliphatic rings. The van der Waals surface area contributed by atoms with Gasteiger partial charge in [-0.25, -0.2) is 13.8 Å². The molecule has 1 heterocycles. The van der Waals surface area contributed by atoms with E-state index in [1.54, 1.807) is 0 Å². The molecule has 0 aliphatic carbocycles. The van der Waals surface area contributed by atoms with Crippen LogP contribution in [-0.4, -0.2) is 4.98 Å². The van der Waals surface area contributed by atoms with Crippen LogP contribution in [0.5, 0.6) is 0 Å². The van der Waals surface area contributed by atoms with Gasteiger partial charge in [-0.15, -0.1) is 0 Å². The van der Waals surface area contributed by atoms with Gasteiger partial charge in [0, 0.05) is 3.57 Å². The van der Waals surface area contributed by atoms with Crippen LogP contribution < -0.4 is 5.73 Å². The van der Waals surface area contributed by atoms with Crippen LogP contribution in [-0.2, 0) is 0 Å². The maximum absolute atomic E-state index is 12.0. The van der Waals surface area contributed by atoms with E-state index >= 15 is 0 Å². The number of nitrogens with zero attached hydrogens (tertiary/aromatic N) is 1. The Morgan fingerprint density at radius 1 is 1.45 bits per heavy atom. The van der Waals surface area contributed by atoms with Crippen molar-refractivity contribution in [1.82, 2.24) is 4.98 Å². The standard InChI is InChI=1S/C6H5F2IN2/c7-6(8)4-1-3(9)2-5(10)11-4/h1-2,6H,(H2,10,11). The molecule has 1 aromatic heterocycles. The van der Waals surface area contributed by atoms with E-state index in [0.717, 1.165) is 0 Å². The highest BCUT2D eigenvalue weighted by molar-refractivity contribution is 14.1. The molecule has 11 heavy (non-hydrogen) atoms. The predicted octanol–water partition coefficient (Wildman–Crippen LogP) is 2.21. The second-order valence-corrected chi connectivity index (χ2v) is 3.18. The molecule has 0 amide bonds. The average molecular weight is 270 g/mol. The zero-order valence-corrected chi connectivity index (χ0v) is 7.55. The number of alkyl halides is 2. The van der Waals surface area contributed by atoms with Gasteiger partial charge in [-0.05, 0) is 34.7 Å². The van der Waals surface area contributed by atoms with Crippen molar-refractivity contribution in [2.24, 2.45) is 0 Å². The molecule has 1 rings (SSSR count). The number of anilines is 1. The van der Waals surface area contributed by atoms with E-state index in [1.165, 1.54) is 12.1 Å². The van der Waals surface area contributed by atoms with Crippen LogP contribution in [0.15, 0.2) is 12.1 Å². The molecule has 2 N–H and O–H groups in total. The fourth-order valence-corrected chi connectivity index (χ4v) is 1.29. The summed E-state index contributed by atoms with van der Waals surface area (Å²) >= 11 is 1.91. The summed E-state index contributed by atoms with van der Waals surface area (Å²) in [4.78, 5) is 3.46. The first-order valence-electron chi connectivity index (χ1n) is 2.80. The Balaban J connectivity index is 3.08. The van der Waals surface area contributed by atoms with Crippen LogP contribution in [0.4, 0.5) is 14.6 Å². The van der Waals surface area contributed by atoms with Crippen LogP contribution in [0.3, 0.4) is 0 Å². The lowest BCUT2D eigenvalue weighted by Crippen LogP contribution is -1.96. The van der Waals surface area contributed by atoms with Crippen LogP contribution in [0.25, 0.3) is 0 Å². The van der Waals surface area contributed by atoms with Gasteiger partial charge in [0.2, 0.25) is 0 Å². The summed E-state index contributed by atoms with van der Waals surface area (Å²) in [7, 11) is 0. The van der Waals surface area contributed by atoms with E-state index in [9.17, 15) is 8.78 Å². The van der Waals surface area contributed by atoms with E-state index in [0.29, 0.717) is 3.57 Å². The van der Waals surface area contributed by atoms with Gasteiger partial charge in [0.05, 0.1) is 0 Å². The average Bonchev–Trinajstić information content (AvgIpc) is 1.85. The Bertz CT molecular complexity index is 245. The van der Waals surface area contributed by atoms with Gasteiger partial charge < -0.3 is 5.73 Å². The number of nitrogens with two attached hydrogens (primary N) is 1. The molecule has 0 atom stereocenters. The highest BCUT2D eigenvalue weighted by Crippen LogP contribution is 2.19. The highest BCUT2D eigenvalue weighted by Gasteiger charge is 2.09. The lowest BCUT2D eigenvalue weighted by Gasteiger charge is -2.00. The fourth-order valence-electron chi connectivity index (χ4n) is 0.650. The molecule has 1 aromatic rings. The molecule has 0 saturated carbocycles. The quantitative estimate of drug-likeness (QED) is 0.794. The third kappa shape index (κ3) is 2.25. The van der Waals surface area contributed by atoms with Crippen LogP contribution in [0.2, 0.25) is 0 Å². The lowest BCUT2D eigenvalue weighted by molar-refractivity contribution is 0.146. The molecular formula is C6H5F2IN2. The van der Waals surface area contributed by atoms with Crippen molar-refractivity contribution >= 4 is 28.4 Å². The van der Waals surface area contributed by atoms with E-state index in [1.807, 2.05) is 22.6 Å². The maximum atomic E-state index is 12.0. The monoisotopic (exact) mass is 270 g/mol. The summed E-state index contributed by atoms with van der Waals surface area (Å²) < 4.78 is 24.7. The predicted molar refractivity (Wildman–Crippen MR) is 46.3 cm³/mol. The van der Waals surface area contributed by atoms with E-state index in [2.05, 4.69) is 4.98 Å². The number of aromatic nitrogens is 1. The lowest BCUT2D eigenvalue weighted by atomic mass is 10.3. The molecule has 0 aliphatic heterocycles. The number of nitrogen functional groups attached to an aromatic ring is 1. The van der Waals surface area contributed by atoms with E-state index < -0.39 is 6.43 Å². The highest BCUT2D eigenvalue weighted by atomic mass is 127. The Morgan fingerprint density at radius 3 is 2.55 bits per heavy atom. The first-order chi connectivity index (χ1) is 5.09. The molecule has 0 bridgehead atoms. The van der Waals surface area contributed by atoms with E-state index in [-0.39, 0.29) is 11.5 Å². The number of hydrogen-bond acceptors (Lipinski definition) is 2. The minimum absolute atomic E-state index is 0.132. The number of pyridine rings is 1. The summed E-state index contributed by atoms with van der Waals surface area (Å²) in [6.45, 7) is 0. The molecule has 5 heteroatoms. The van der Waals surface area contributed by atoms with Crippen LogP contribution in [0.1, 0.15) is 12.1 Å². The van der Waals surface area contributed by atoms with Crippen molar-refractivity contribution in [1.29, 1.82) is 0 Å². The van der Waals surface area contributed by atoms with Gasteiger partial charge in [0.15, 0.2) is 0 Å². The summed E-state index contributed by atoms with van der Waals surface area (Å²) in [5.74, 6) is 0.132. The summed E-state index contributed by atoms with van der Waals surface area (Å²) in [6, 6.07) is 2.84. The molecular weight excluding hydrogens is 265 g/mol. The third-order valence-electron chi connectivity index (χ3n) is 1.05. The number of rotatable bonds is 1. The Kier molecular flexibility index (Phi) is 2.58. The largest absolute Gasteiger partial charge is 0.384 e. The van der Waals surface area contributed by atoms with Crippen molar-refractivity contribution in [2.45, 2.75) is 6.43 Å². The third-order valence-corrected chi connectivity index (χ3v) is 1.68. The van der Waals surface area contributed by atoms with Gasteiger partial charge in [0.1, 0.15) is 11.5 Å². The molecule has 0 fully saturated rings. The molecule has 0 spiro atoms. The summed E-state index contributed by atoms with van der Waals surface area (Å²) in [5.41, 5.74) is 4.98. The summed E-state index contributed by atoms with van der Waals surface area (Å²) in [5, 5.41) is 0. The van der Waals surface area contributed by atoms with Gasteiger partial charge in [-0.2, -0.15) is 0 Å². The van der Waals surface area contributed by atoms with Crippen molar-refractivity contribution in [3.8, 4) is 0 Å². The van der Waals surface area contributed by atoms with Crippen molar-refractivity contribution in [3.63, 3.8) is 0 Å². The number of hydrogen-bond donors (Lipinski definition) is 1. The smallest absolute Gasteiger partial charge is 0.280 e. The minimum atomic E-state index is -2.55. The minimum Gasteiger partial charge on any atom is -0.384 e. The molecule has 0 saturated heterocycles. The molecule has 60 valence electrons. The zero-order valence-electron chi connectivity index (χ0n) is 5.39. The van der Waals surface area contributed by atoms with Crippen LogP contribution >= 0.6 is 22.6 Å². The topological polar surface area (TPSA) is 38.9 Å². The second kappa shape index (κ2) is 3.29.